The van der Waals surface area contributed by atoms with E-state index in [2.05, 4.69) is 13.8 Å². The number of hydrogen-bond donors (Lipinski definition) is 1. The largest absolute Gasteiger partial charge is 0.327 e. The van der Waals surface area contributed by atoms with Gasteiger partial charge in [-0.15, -0.1) is 0 Å². The fourth-order valence-electron chi connectivity index (χ4n) is 2.17. The van der Waals surface area contributed by atoms with Gasteiger partial charge in [0.25, 0.3) is 0 Å². The summed E-state index contributed by atoms with van der Waals surface area (Å²) in [6, 6.07) is 0.429. The Kier molecular flexibility index (Phi) is 4.24. The van der Waals surface area contributed by atoms with Crippen molar-refractivity contribution in [3.63, 3.8) is 0 Å². The number of hydrogen-bond acceptors (Lipinski definition) is 1. The van der Waals surface area contributed by atoms with Crippen molar-refractivity contribution in [3.8, 4) is 0 Å². The van der Waals surface area contributed by atoms with Crippen LogP contribution in [0.25, 0.3) is 0 Å². The van der Waals surface area contributed by atoms with Crippen LogP contribution in [-0.2, 0) is 0 Å². The summed E-state index contributed by atoms with van der Waals surface area (Å²) in [4.78, 5) is 0. The smallest absolute Gasteiger partial charge is 0.00670 e. The monoisotopic (exact) mass is 183 g/mol. The maximum atomic E-state index is 5.97. The zero-order valence-corrected chi connectivity index (χ0v) is 9.31. The lowest BCUT2D eigenvalue weighted by molar-refractivity contribution is 0.370. The van der Waals surface area contributed by atoms with Crippen molar-refractivity contribution in [1.82, 2.24) is 0 Å². The third kappa shape index (κ3) is 3.30. The quantitative estimate of drug-likeness (QED) is 0.601. The maximum Gasteiger partial charge on any atom is 0.00670 e. The predicted octanol–water partition coefficient (Wildman–Crippen LogP) is 3.47. The van der Waals surface area contributed by atoms with Crippen molar-refractivity contribution in [3.05, 3.63) is 0 Å². The lowest BCUT2D eigenvalue weighted by Gasteiger charge is -2.18. The molecule has 1 fully saturated rings. The Bertz CT molecular complexity index is 136. The molecule has 0 spiro atoms. The van der Waals surface area contributed by atoms with E-state index in [1.54, 1.807) is 0 Å². The van der Waals surface area contributed by atoms with Gasteiger partial charge >= 0.3 is 0 Å². The summed E-state index contributed by atoms with van der Waals surface area (Å²) in [5.74, 6) is 0. The average molecular weight is 183 g/mol. The van der Waals surface area contributed by atoms with E-state index in [9.17, 15) is 0 Å². The molecule has 0 bridgehead atoms. The molecule has 1 atom stereocenters. The first-order valence-electron chi connectivity index (χ1n) is 5.97. The van der Waals surface area contributed by atoms with Gasteiger partial charge < -0.3 is 5.73 Å². The van der Waals surface area contributed by atoms with E-state index in [4.69, 9.17) is 5.73 Å². The highest BCUT2D eigenvalue weighted by atomic mass is 14.7. The summed E-state index contributed by atoms with van der Waals surface area (Å²) >= 11 is 0. The second-order valence-electron chi connectivity index (χ2n) is 4.82. The van der Waals surface area contributed by atoms with Crippen LogP contribution in [0.5, 0.6) is 0 Å². The Hall–Kier alpha value is -0.0400. The normalized spacial score (nSPS) is 21.5. The van der Waals surface area contributed by atoms with Gasteiger partial charge in [0.2, 0.25) is 0 Å². The van der Waals surface area contributed by atoms with Crippen LogP contribution in [0.1, 0.15) is 65.2 Å². The number of rotatable bonds is 7. The summed E-state index contributed by atoms with van der Waals surface area (Å²) in [6.45, 7) is 4.45. The van der Waals surface area contributed by atoms with Crippen LogP contribution >= 0.6 is 0 Å². The molecule has 0 radical (unpaired) electrons. The van der Waals surface area contributed by atoms with Crippen molar-refractivity contribution in [2.75, 3.05) is 0 Å². The molecular weight excluding hydrogens is 158 g/mol. The molecule has 1 aliphatic carbocycles. The molecule has 1 heteroatoms. The van der Waals surface area contributed by atoms with Crippen LogP contribution in [0.15, 0.2) is 0 Å². The van der Waals surface area contributed by atoms with Crippen LogP contribution in [0.2, 0.25) is 0 Å². The molecule has 78 valence electrons. The molecule has 13 heavy (non-hydrogen) atoms. The molecule has 1 nitrogen and oxygen atoms in total. The first kappa shape index (κ1) is 11.0. The second kappa shape index (κ2) is 4.99. The zero-order valence-electron chi connectivity index (χ0n) is 9.31. The minimum Gasteiger partial charge on any atom is -0.327 e. The Labute approximate surface area is 83.1 Å². The maximum absolute atomic E-state index is 5.97. The van der Waals surface area contributed by atoms with Crippen LogP contribution in [0, 0.1) is 5.41 Å². The number of nitrogens with two attached hydrogens (primary N) is 1. The standard InChI is InChI=1S/C12H25N/c1-3-4-5-6-7-8-12(9-10-12)11(2)13/h11H,3-10,13H2,1-2H3. The Morgan fingerprint density at radius 2 is 1.77 bits per heavy atom. The molecule has 1 aliphatic rings. The summed E-state index contributed by atoms with van der Waals surface area (Å²) in [5.41, 5.74) is 6.55. The van der Waals surface area contributed by atoms with Crippen molar-refractivity contribution in [2.45, 2.75) is 71.3 Å². The molecule has 0 aliphatic heterocycles. The topological polar surface area (TPSA) is 26.0 Å². The van der Waals surface area contributed by atoms with Crippen LogP contribution in [0.4, 0.5) is 0 Å². The minimum absolute atomic E-state index is 0.429. The Morgan fingerprint density at radius 1 is 1.15 bits per heavy atom. The van der Waals surface area contributed by atoms with Gasteiger partial charge in [-0.2, -0.15) is 0 Å². The number of unbranched alkanes of at least 4 members (excludes halogenated alkanes) is 4. The SMILES string of the molecule is CCCCCCCC1(C(C)N)CC1. The van der Waals surface area contributed by atoms with E-state index < -0.39 is 0 Å². The molecule has 0 amide bonds. The zero-order chi connectivity index (χ0) is 9.73. The van der Waals surface area contributed by atoms with Gasteiger partial charge in [0.05, 0.1) is 0 Å². The Balaban J connectivity index is 1.99. The first-order valence-corrected chi connectivity index (χ1v) is 5.97. The van der Waals surface area contributed by atoms with E-state index >= 15 is 0 Å². The molecule has 0 saturated heterocycles. The fraction of sp³-hybridized carbons (Fsp3) is 1.00. The van der Waals surface area contributed by atoms with E-state index in [-0.39, 0.29) is 0 Å². The minimum atomic E-state index is 0.429. The summed E-state index contributed by atoms with van der Waals surface area (Å²) in [5, 5.41) is 0. The van der Waals surface area contributed by atoms with E-state index in [1.165, 1.54) is 51.4 Å². The van der Waals surface area contributed by atoms with Gasteiger partial charge in [-0.3, -0.25) is 0 Å². The van der Waals surface area contributed by atoms with E-state index in [0.29, 0.717) is 11.5 Å². The van der Waals surface area contributed by atoms with Crippen LogP contribution in [0.3, 0.4) is 0 Å². The van der Waals surface area contributed by atoms with Gasteiger partial charge in [-0.1, -0.05) is 39.0 Å². The summed E-state index contributed by atoms with van der Waals surface area (Å²) < 4.78 is 0. The average Bonchev–Trinajstić information content (AvgIpc) is 2.85. The molecule has 1 unspecified atom stereocenters. The fourth-order valence-corrected chi connectivity index (χ4v) is 2.17. The molecule has 0 aromatic carbocycles. The third-order valence-corrected chi connectivity index (χ3v) is 3.64. The summed E-state index contributed by atoms with van der Waals surface area (Å²) in [6.07, 6.45) is 11.2. The van der Waals surface area contributed by atoms with Gasteiger partial charge in [0.15, 0.2) is 0 Å². The molecular formula is C12H25N. The van der Waals surface area contributed by atoms with E-state index in [0.717, 1.165) is 0 Å². The Morgan fingerprint density at radius 3 is 2.23 bits per heavy atom. The van der Waals surface area contributed by atoms with Crippen molar-refractivity contribution in [2.24, 2.45) is 11.1 Å². The van der Waals surface area contributed by atoms with Crippen molar-refractivity contribution in [1.29, 1.82) is 0 Å². The molecule has 2 N–H and O–H groups in total. The van der Waals surface area contributed by atoms with Gasteiger partial charge in [-0.05, 0) is 31.6 Å². The van der Waals surface area contributed by atoms with Gasteiger partial charge in [-0.25, -0.2) is 0 Å². The molecule has 1 saturated carbocycles. The highest BCUT2D eigenvalue weighted by molar-refractivity contribution is 4.98. The molecule has 1 rings (SSSR count). The molecule has 0 aromatic rings. The molecule has 0 heterocycles. The van der Waals surface area contributed by atoms with Crippen LogP contribution < -0.4 is 5.73 Å². The van der Waals surface area contributed by atoms with Crippen molar-refractivity contribution >= 4 is 0 Å². The highest BCUT2D eigenvalue weighted by Gasteiger charge is 2.44. The highest BCUT2D eigenvalue weighted by Crippen LogP contribution is 2.51. The van der Waals surface area contributed by atoms with Gasteiger partial charge in [0.1, 0.15) is 0 Å². The third-order valence-electron chi connectivity index (χ3n) is 3.64. The van der Waals surface area contributed by atoms with Crippen molar-refractivity contribution < 1.29 is 0 Å². The van der Waals surface area contributed by atoms with Crippen LogP contribution in [-0.4, -0.2) is 6.04 Å². The first-order chi connectivity index (χ1) is 6.21. The second-order valence-corrected chi connectivity index (χ2v) is 4.82. The van der Waals surface area contributed by atoms with E-state index in [1.807, 2.05) is 0 Å². The predicted molar refractivity (Wildman–Crippen MR) is 58.7 cm³/mol. The van der Waals surface area contributed by atoms with Gasteiger partial charge in [0, 0.05) is 6.04 Å². The lowest BCUT2D eigenvalue weighted by Crippen LogP contribution is -2.27. The lowest BCUT2D eigenvalue weighted by atomic mass is 9.91. The summed E-state index contributed by atoms with van der Waals surface area (Å²) in [7, 11) is 0. The molecule has 0 aromatic heterocycles.